The molecule has 1 saturated heterocycles. The maximum absolute atomic E-state index is 12.1. The summed E-state index contributed by atoms with van der Waals surface area (Å²) in [5.41, 5.74) is 0.0379. The number of carbonyl (C=O) groups is 1. The fourth-order valence-electron chi connectivity index (χ4n) is 2.61. The predicted octanol–water partition coefficient (Wildman–Crippen LogP) is 0.145. The lowest BCUT2D eigenvalue weighted by Crippen LogP contribution is -2.35. The number of nitrogens with zero attached hydrogens (tertiary/aromatic N) is 1. The Morgan fingerprint density at radius 1 is 1.41 bits per heavy atom. The minimum Gasteiger partial charge on any atom is -0.459 e. The van der Waals surface area contributed by atoms with Crippen molar-refractivity contribution in [3.8, 4) is 0 Å². The monoisotopic (exact) mass is 324 g/mol. The molecule has 1 N–H and O–H groups in total. The number of rotatable bonds is 4. The first kappa shape index (κ1) is 14.8. The van der Waals surface area contributed by atoms with E-state index in [1.807, 2.05) is 0 Å². The highest BCUT2D eigenvalue weighted by molar-refractivity contribution is 7.91. The molecule has 118 valence electrons. The second kappa shape index (κ2) is 5.60. The van der Waals surface area contributed by atoms with Crippen LogP contribution in [0.4, 0.5) is 0 Å². The highest BCUT2D eigenvalue weighted by Crippen LogP contribution is 2.18. The van der Waals surface area contributed by atoms with Crippen LogP contribution < -0.4 is 10.9 Å². The lowest BCUT2D eigenvalue weighted by atomic mass is 10.1. The van der Waals surface area contributed by atoms with Crippen LogP contribution in [0.3, 0.4) is 0 Å². The third-order valence-electron chi connectivity index (χ3n) is 3.84. The molecule has 1 atom stereocenters. The molecule has 2 aromatic rings. The molecule has 0 unspecified atom stereocenters. The highest BCUT2D eigenvalue weighted by atomic mass is 32.2. The number of pyridine rings is 1. The zero-order valence-corrected chi connectivity index (χ0v) is 12.6. The van der Waals surface area contributed by atoms with Crippen molar-refractivity contribution >= 4 is 26.7 Å². The smallest absolute Gasteiger partial charge is 0.294 e. The normalized spacial score (nSPS) is 20.3. The summed E-state index contributed by atoms with van der Waals surface area (Å²) in [5, 5.41) is 3.42. The van der Waals surface area contributed by atoms with Crippen molar-refractivity contribution in [3.05, 3.63) is 34.9 Å². The van der Waals surface area contributed by atoms with Crippen LogP contribution in [0.2, 0.25) is 0 Å². The van der Waals surface area contributed by atoms with Crippen LogP contribution in [0.15, 0.2) is 33.8 Å². The maximum Gasteiger partial charge on any atom is 0.294 e. The fraction of sp³-hybridized carbons (Fsp3) is 0.429. The van der Waals surface area contributed by atoms with E-state index in [0.717, 1.165) is 5.39 Å². The second-order valence-electron chi connectivity index (χ2n) is 5.41. The molecule has 0 bridgehead atoms. The van der Waals surface area contributed by atoms with E-state index in [1.54, 1.807) is 18.3 Å². The van der Waals surface area contributed by atoms with Gasteiger partial charge in [-0.1, -0.05) is 0 Å². The van der Waals surface area contributed by atoms with E-state index in [1.165, 1.54) is 10.8 Å². The van der Waals surface area contributed by atoms with Crippen LogP contribution in [-0.4, -0.2) is 36.9 Å². The van der Waals surface area contributed by atoms with Crippen molar-refractivity contribution in [2.75, 3.05) is 18.1 Å². The maximum atomic E-state index is 12.1. The molecule has 0 saturated carbocycles. The van der Waals surface area contributed by atoms with Gasteiger partial charge in [0.1, 0.15) is 0 Å². The Morgan fingerprint density at radius 2 is 2.23 bits per heavy atom. The molecule has 0 radical (unpaired) electrons. The molecule has 1 fully saturated rings. The Kier molecular flexibility index (Phi) is 3.78. The zero-order chi connectivity index (χ0) is 15.7. The van der Waals surface area contributed by atoms with Crippen LogP contribution in [0.25, 0.3) is 11.0 Å². The van der Waals surface area contributed by atoms with Gasteiger partial charge in [-0.05, 0) is 18.6 Å². The van der Waals surface area contributed by atoms with Gasteiger partial charge in [0, 0.05) is 24.7 Å². The largest absolute Gasteiger partial charge is 0.459 e. The van der Waals surface area contributed by atoms with E-state index in [9.17, 15) is 18.0 Å². The van der Waals surface area contributed by atoms with Crippen LogP contribution in [-0.2, 0) is 21.2 Å². The summed E-state index contributed by atoms with van der Waals surface area (Å²) in [7, 11) is -3.07. The van der Waals surface area contributed by atoms with E-state index in [-0.39, 0.29) is 35.1 Å². The van der Waals surface area contributed by atoms with Crippen molar-refractivity contribution < 1.29 is 17.6 Å². The molecule has 0 spiro atoms. The second-order valence-corrected chi connectivity index (χ2v) is 7.64. The number of amides is 1. The zero-order valence-electron chi connectivity index (χ0n) is 11.8. The lowest BCUT2D eigenvalue weighted by Gasteiger charge is -2.10. The van der Waals surface area contributed by atoms with Gasteiger partial charge < -0.3 is 14.3 Å². The molecule has 22 heavy (non-hydrogen) atoms. The number of hydrogen-bond donors (Lipinski definition) is 1. The number of furan rings is 1. The molecular formula is C14H16N2O5S. The molecule has 2 aromatic heterocycles. The van der Waals surface area contributed by atoms with Crippen molar-refractivity contribution in [2.24, 2.45) is 5.92 Å². The van der Waals surface area contributed by atoms with Gasteiger partial charge in [0.15, 0.2) is 15.4 Å². The minimum atomic E-state index is -3.07. The lowest BCUT2D eigenvalue weighted by molar-refractivity contribution is -0.124. The Labute approximate surface area is 126 Å². The summed E-state index contributed by atoms with van der Waals surface area (Å²) in [6.07, 6.45) is 3.47. The first-order valence-electron chi connectivity index (χ1n) is 7.01. The molecule has 7 nitrogen and oxygen atoms in total. The van der Waals surface area contributed by atoms with Gasteiger partial charge in [-0.3, -0.25) is 9.59 Å². The minimum absolute atomic E-state index is 0.0692. The third kappa shape index (κ3) is 2.92. The van der Waals surface area contributed by atoms with Crippen LogP contribution >= 0.6 is 0 Å². The molecule has 1 amide bonds. The summed E-state index contributed by atoms with van der Waals surface area (Å²) in [4.78, 5) is 24.0. The van der Waals surface area contributed by atoms with Crippen LogP contribution in [0.5, 0.6) is 0 Å². The highest BCUT2D eigenvalue weighted by Gasteiger charge is 2.32. The first-order chi connectivity index (χ1) is 10.5. The van der Waals surface area contributed by atoms with Gasteiger partial charge in [-0.25, -0.2) is 8.42 Å². The van der Waals surface area contributed by atoms with Gasteiger partial charge in [0.2, 0.25) is 5.91 Å². The van der Waals surface area contributed by atoms with E-state index >= 15 is 0 Å². The summed E-state index contributed by atoms with van der Waals surface area (Å²) in [6, 6.07) is 3.48. The van der Waals surface area contributed by atoms with Crippen LogP contribution in [0.1, 0.15) is 6.42 Å². The van der Waals surface area contributed by atoms with Gasteiger partial charge in [0.25, 0.3) is 5.56 Å². The molecule has 3 heterocycles. The Morgan fingerprint density at radius 3 is 2.95 bits per heavy atom. The van der Waals surface area contributed by atoms with E-state index in [0.29, 0.717) is 13.0 Å². The van der Waals surface area contributed by atoms with Crippen LogP contribution in [0, 0.1) is 5.92 Å². The fourth-order valence-corrected chi connectivity index (χ4v) is 4.36. The quantitative estimate of drug-likeness (QED) is 0.863. The molecular weight excluding hydrogens is 308 g/mol. The third-order valence-corrected chi connectivity index (χ3v) is 5.61. The summed E-state index contributed by atoms with van der Waals surface area (Å²) < 4.78 is 29.3. The predicted molar refractivity (Wildman–Crippen MR) is 80.2 cm³/mol. The number of carbonyl (C=O) groups excluding carboxylic acids is 1. The molecule has 0 aliphatic carbocycles. The first-order valence-corrected chi connectivity index (χ1v) is 8.83. The van der Waals surface area contributed by atoms with Gasteiger partial charge >= 0.3 is 0 Å². The van der Waals surface area contributed by atoms with E-state index in [2.05, 4.69) is 5.32 Å². The Hall–Kier alpha value is -2.09. The summed E-state index contributed by atoms with van der Waals surface area (Å²) >= 11 is 0. The number of hydrogen-bond acceptors (Lipinski definition) is 5. The van der Waals surface area contributed by atoms with Crippen molar-refractivity contribution in [3.63, 3.8) is 0 Å². The molecule has 1 aliphatic heterocycles. The Balaban J connectivity index is 1.59. The number of sulfone groups is 1. The molecule has 3 rings (SSSR count). The SMILES string of the molecule is O=C(NCCn1ccc2ccoc2c1=O)[C@@H]1CCS(=O)(=O)C1. The van der Waals surface area contributed by atoms with Gasteiger partial charge in [0.05, 0.1) is 23.7 Å². The topological polar surface area (TPSA) is 98.4 Å². The Bertz CT molecular complexity index is 865. The van der Waals surface area contributed by atoms with Crippen molar-refractivity contribution in [1.82, 2.24) is 9.88 Å². The average molecular weight is 324 g/mol. The molecule has 1 aliphatic rings. The van der Waals surface area contributed by atoms with Gasteiger partial charge in [-0.2, -0.15) is 0 Å². The number of fused-ring (bicyclic) bond motifs is 1. The van der Waals surface area contributed by atoms with E-state index in [4.69, 9.17) is 4.42 Å². The average Bonchev–Trinajstić information content (AvgIpc) is 3.07. The number of aromatic nitrogens is 1. The van der Waals surface area contributed by atoms with E-state index < -0.39 is 15.8 Å². The summed E-state index contributed by atoms with van der Waals surface area (Å²) in [5.74, 6) is -0.765. The molecule has 8 heteroatoms. The molecule has 0 aromatic carbocycles. The van der Waals surface area contributed by atoms with Crippen molar-refractivity contribution in [1.29, 1.82) is 0 Å². The standard InChI is InChI=1S/C14H16N2O5S/c17-13(11-3-8-22(19,20)9-11)15-4-6-16-5-1-10-2-7-21-12(10)14(16)18/h1-2,5,7,11H,3-4,6,8-9H2,(H,15,17)/t11-/m1/s1. The van der Waals surface area contributed by atoms with Gasteiger partial charge in [-0.15, -0.1) is 0 Å². The van der Waals surface area contributed by atoms with Crippen molar-refractivity contribution in [2.45, 2.75) is 13.0 Å². The summed E-state index contributed by atoms with van der Waals surface area (Å²) in [6.45, 7) is 0.572. The number of nitrogens with one attached hydrogen (secondary N) is 1.